The van der Waals surface area contributed by atoms with Crippen LogP contribution in [-0.4, -0.2) is 31.8 Å². The Morgan fingerprint density at radius 1 is 1.29 bits per heavy atom. The fourth-order valence-electron chi connectivity index (χ4n) is 3.30. The molecule has 24 heavy (non-hydrogen) atoms. The highest BCUT2D eigenvalue weighted by Gasteiger charge is 2.43. The average molecular weight is 340 g/mol. The van der Waals surface area contributed by atoms with E-state index in [0.717, 1.165) is 23.0 Å². The van der Waals surface area contributed by atoms with Crippen molar-refractivity contribution in [3.63, 3.8) is 0 Å². The lowest BCUT2D eigenvalue weighted by Crippen LogP contribution is -2.28. The highest BCUT2D eigenvalue weighted by Crippen LogP contribution is 2.47. The molecule has 3 heterocycles. The number of nitro benzene ring substituents is 1. The van der Waals surface area contributed by atoms with Crippen LogP contribution in [0, 0.1) is 10.1 Å². The van der Waals surface area contributed by atoms with Gasteiger partial charge in [0.15, 0.2) is 5.17 Å². The standard InChI is InChI=1S/C17H16N4O2S/c1-11-10-20-16(12-5-4-6-13(9-12)21(22)23)15(19-17(20)24-11)14-7-2-3-8-18-14/h2-9,11,15-16H,10H2,1H3. The first-order chi connectivity index (χ1) is 11.6. The molecule has 122 valence electrons. The summed E-state index contributed by atoms with van der Waals surface area (Å²) in [6.07, 6.45) is 1.76. The number of amidine groups is 1. The quantitative estimate of drug-likeness (QED) is 0.631. The molecule has 0 aliphatic carbocycles. The fourth-order valence-corrected chi connectivity index (χ4v) is 4.39. The van der Waals surface area contributed by atoms with Crippen LogP contribution in [0.1, 0.15) is 30.3 Å². The highest BCUT2D eigenvalue weighted by molar-refractivity contribution is 8.14. The van der Waals surface area contributed by atoms with Gasteiger partial charge in [0, 0.05) is 30.1 Å². The molecule has 3 unspecified atom stereocenters. The molecule has 6 nitrogen and oxygen atoms in total. The summed E-state index contributed by atoms with van der Waals surface area (Å²) in [5, 5.41) is 12.6. The van der Waals surface area contributed by atoms with Crippen LogP contribution in [0.5, 0.6) is 0 Å². The van der Waals surface area contributed by atoms with Crippen molar-refractivity contribution < 1.29 is 4.92 Å². The van der Waals surface area contributed by atoms with Crippen molar-refractivity contribution in [2.45, 2.75) is 24.3 Å². The Bertz CT molecular complexity index is 811. The van der Waals surface area contributed by atoms with Crippen molar-refractivity contribution in [1.82, 2.24) is 9.88 Å². The average Bonchev–Trinajstić information content (AvgIpc) is 3.11. The molecule has 4 rings (SSSR count). The lowest BCUT2D eigenvalue weighted by molar-refractivity contribution is -0.384. The number of aromatic nitrogens is 1. The zero-order valence-corrected chi connectivity index (χ0v) is 13.9. The van der Waals surface area contributed by atoms with E-state index in [9.17, 15) is 10.1 Å². The number of hydrogen-bond donors (Lipinski definition) is 0. The maximum atomic E-state index is 11.1. The SMILES string of the molecule is CC1CN2C(=NC(c3ccccn3)C2c2cccc([N+](=O)[O-])c2)S1. The molecule has 7 heteroatoms. The molecule has 2 aliphatic heterocycles. The molecular weight excluding hydrogens is 324 g/mol. The molecule has 1 fully saturated rings. The Morgan fingerprint density at radius 2 is 2.17 bits per heavy atom. The van der Waals surface area contributed by atoms with Gasteiger partial charge in [0.1, 0.15) is 6.04 Å². The van der Waals surface area contributed by atoms with Gasteiger partial charge in [0.05, 0.1) is 16.7 Å². The Labute approximate surface area is 143 Å². The summed E-state index contributed by atoms with van der Waals surface area (Å²) in [7, 11) is 0. The number of fused-ring (bicyclic) bond motifs is 1. The minimum Gasteiger partial charge on any atom is -0.341 e. The van der Waals surface area contributed by atoms with E-state index >= 15 is 0 Å². The topological polar surface area (TPSA) is 71.6 Å². The second kappa shape index (κ2) is 5.90. The first kappa shape index (κ1) is 15.1. The van der Waals surface area contributed by atoms with Gasteiger partial charge in [-0.15, -0.1) is 0 Å². The summed E-state index contributed by atoms with van der Waals surface area (Å²) in [6, 6.07) is 12.5. The van der Waals surface area contributed by atoms with Gasteiger partial charge in [-0.1, -0.05) is 36.9 Å². The Hall–Kier alpha value is -2.41. The number of aliphatic imine (C=N–C) groups is 1. The van der Waals surface area contributed by atoms with E-state index in [1.54, 1.807) is 30.1 Å². The number of thioether (sulfide) groups is 1. The zero-order valence-electron chi connectivity index (χ0n) is 13.1. The molecule has 0 saturated carbocycles. The lowest BCUT2D eigenvalue weighted by Gasteiger charge is -2.27. The Kier molecular flexibility index (Phi) is 3.72. The summed E-state index contributed by atoms with van der Waals surface area (Å²) < 4.78 is 0. The number of hydrogen-bond acceptors (Lipinski definition) is 6. The molecule has 1 aromatic carbocycles. The summed E-state index contributed by atoms with van der Waals surface area (Å²) in [6.45, 7) is 3.06. The monoisotopic (exact) mass is 340 g/mol. The van der Waals surface area contributed by atoms with Crippen molar-refractivity contribution in [2.75, 3.05) is 6.54 Å². The number of nitrogens with zero attached hydrogens (tertiary/aromatic N) is 4. The van der Waals surface area contributed by atoms with Crippen LogP contribution in [0.4, 0.5) is 5.69 Å². The van der Waals surface area contributed by atoms with E-state index in [2.05, 4.69) is 16.8 Å². The van der Waals surface area contributed by atoms with E-state index in [1.807, 2.05) is 24.3 Å². The summed E-state index contributed by atoms with van der Waals surface area (Å²) in [5.74, 6) is 0. The van der Waals surface area contributed by atoms with Crippen molar-refractivity contribution in [3.8, 4) is 0 Å². The van der Waals surface area contributed by atoms with Crippen LogP contribution in [0.25, 0.3) is 0 Å². The molecule has 0 radical (unpaired) electrons. The fraction of sp³-hybridized carbons (Fsp3) is 0.294. The van der Waals surface area contributed by atoms with Gasteiger partial charge in [0.25, 0.3) is 5.69 Å². The van der Waals surface area contributed by atoms with E-state index in [4.69, 9.17) is 4.99 Å². The van der Waals surface area contributed by atoms with Crippen LogP contribution in [0.2, 0.25) is 0 Å². The molecule has 3 atom stereocenters. The third-order valence-corrected chi connectivity index (χ3v) is 5.41. The predicted molar refractivity (Wildman–Crippen MR) is 94.0 cm³/mol. The smallest absolute Gasteiger partial charge is 0.269 e. The maximum Gasteiger partial charge on any atom is 0.269 e. The first-order valence-electron chi connectivity index (χ1n) is 7.80. The minimum atomic E-state index is -0.350. The van der Waals surface area contributed by atoms with E-state index < -0.39 is 0 Å². The van der Waals surface area contributed by atoms with E-state index in [-0.39, 0.29) is 22.7 Å². The van der Waals surface area contributed by atoms with Crippen LogP contribution in [-0.2, 0) is 0 Å². The highest BCUT2D eigenvalue weighted by atomic mass is 32.2. The van der Waals surface area contributed by atoms with Gasteiger partial charge in [-0.05, 0) is 17.7 Å². The van der Waals surface area contributed by atoms with Gasteiger partial charge >= 0.3 is 0 Å². The molecule has 0 spiro atoms. The second-order valence-electron chi connectivity index (χ2n) is 5.99. The van der Waals surface area contributed by atoms with Gasteiger partial charge < -0.3 is 4.90 Å². The van der Waals surface area contributed by atoms with Crippen molar-refractivity contribution in [1.29, 1.82) is 0 Å². The van der Waals surface area contributed by atoms with E-state index in [0.29, 0.717) is 5.25 Å². The summed E-state index contributed by atoms with van der Waals surface area (Å²) in [4.78, 5) is 22.4. The summed E-state index contributed by atoms with van der Waals surface area (Å²) in [5.41, 5.74) is 1.91. The van der Waals surface area contributed by atoms with Gasteiger partial charge in [-0.2, -0.15) is 0 Å². The largest absolute Gasteiger partial charge is 0.341 e. The number of pyridine rings is 1. The molecule has 0 amide bonds. The van der Waals surface area contributed by atoms with Crippen molar-refractivity contribution >= 4 is 22.6 Å². The van der Waals surface area contributed by atoms with Crippen LogP contribution in [0.15, 0.2) is 53.7 Å². The second-order valence-corrected chi connectivity index (χ2v) is 7.39. The third-order valence-electron chi connectivity index (χ3n) is 4.30. The predicted octanol–water partition coefficient (Wildman–Crippen LogP) is 3.58. The molecule has 1 saturated heterocycles. The molecule has 2 aromatic rings. The normalized spacial score (nSPS) is 25.5. The maximum absolute atomic E-state index is 11.1. The number of non-ortho nitro benzene ring substituents is 1. The molecular formula is C17H16N4O2S. The van der Waals surface area contributed by atoms with Crippen LogP contribution in [0.3, 0.4) is 0 Å². The zero-order chi connectivity index (χ0) is 16.7. The molecule has 0 bridgehead atoms. The molecule has 2 aliphatic rings. The van der Waals surface area contributed by atoms with Gasteiger partial charge in [0.2, 0.25) is 0 Å². The number of benzene rings is 1. The molecule has 0 N–H and O–H groups in total. The minimum absolute atomic E-state index is 0.0488. The third kappa shape index (κ3) is 2.54. The van der Waals surface area contributed by atoms with E-state index in [1.165, 1.54) is 6.07 Å². The Balaban J connectivity index is 1.78. The summed E-state index contributed by atoms with van der Waals surface area (Å²) >= 11 is 1.76. The van der Waals surface area contributed by atoms with Crippen LogP contribution < -0.4 is 0 Å². The molecule has 1 aromatic heterocycles. The van der Waals surface area contributed by atoms with Gasteiger partial charge in [-0.25, -0.2) is 0 Å². The number of nitro groups is 1. The van der Waals surface area contributed by atoms with Crippen LogP contribution >= 0.6 is 11.8 Å². The first-order valence-corrected chi connectivity index (χ1v) is 8.68. The van der Waals surface area contributed by atoms with Gasteiger partial charge in [-0.3, -0.25) is 20.1 Å². The van der Waals surface area contributed by atoms with Crippen molar-refractivity contribution in [2.24, 2.45) is 4.99 Å². The van der Waals surface area contributed by atoms with Crippen molar-refractivity contribution in [3.05, 3.63) is 70.0 Å². The lowest BCUT2D eigenvalue weighted by atomic mass is 9.96. The Morgan fingerprint density at radius 3 is 2.92 bits per heavy atom. The number of rotatable bonds is 3.